The number of oxazole rings is 1. The average Bonchev–Trinajstić information content (AvgIpc) is 3.30. The molecule has 1 aliphatic heterocycles. The van der Waals surface area contributed by atoms with Crippen LogP contribution in [0.5, 0.6) is 5.75 Å². The molecule has 26 heavy (non-hydrogen) atoms. The highest BCUT2D eigenvalue weighted by atomic mass is 16.5. The van der Waals surface area contributed by atoms with E-state index in [1.165, 1.54) is 6.39 Å². The van der Waals surface area contributed by atoms with Crippen molar-refractivity contribution in [2.24, 2.45) is 0 Å². The predicted molar refractivity (Wildman–Crippen MR) is 97.0 cm³/mol. The number of hydrogen-bond donors (Lipinski definition) is 2. The van der Waals surface area contributed by atoms with Crippen LogP contribution in [0.3, 0.4) is 0 Å². The van der Waals surface area contributed by atoms with Crippen molar-refractivity contribution in [3.05, 3.63) is 54.3 Å². The minimum absolute atomic E-state index is 0.109. The van der Waals surface area contributed by atoms with Crippen molar-refractivity contribution in [3.63, 3.8) is 0 Å². The third-order valence-electron chi connectivity index (χ3n) is 4.58. The molecule has 1 aromatic carbocycles. The van der Waals surface area contributed by atoms with E-state index in [0.717, 1.165) is 45.7 Å². The Morgan fingerprint density at radius 3 is 3.08 bits per heavy atom. The fourth-order valence-electron chi connectivity index (χ4n) is 3.32. The maximum absolute atomic E-state index is 5.76. The molecule has 4 heterocycles. The van der Waals surface area contributed by atoms with Gasteiger partial charge in [0.15, 0.2) is 12.2 Å². The van der Waals surface area contributed by atoms with Gasteiger partial charge in [-0.1, -0.05) is 0 Å². The Morgan fingerprint density at radius 2 is 2.19 bits per heavy atom. The van der Waals surface area contributed by atoms with Gasteiger partial charge in [0.1, 0.15) is 17.1 Å². The lowest BCUT2D eigenvalue weighted by atomic mass is 10.0. The van der Waals surface area contributed by atoms with Crippen LogP contribution in [-0.2, 0) is 0 Å². The molecule has 0 saturated carbocycles. The van der Waals surface area contributed by atoms with E-state index in [0.29, 0.717) is 12.4 Å². The molecule has 0 saturated heterocycles. The molecule has 0 bridgehead atoms. The van der Waals surface area contributed by atoms with Crippen LogP contribution >= 0.6 is 0 Å². The number of nitrogens with zero attached hydrogens (tertiary/aromatic N) is 3. The Labute approximate surface area is 149 Å². The minimum Gasteiger partial charge on any atom is -0.491 e. The van der Waals surface area contributed by atoms with Crippen LogP contribution in [0.2, 0.25) is 0 Å². The number of aryl methyl sites for hydroxylation is 1. The van der Waals surface area contributed by atoms with Crippen LogP contribution in [0.4, 0.5) is 5.69 Å². The molecular weight excluding hydrogens is 330 g/mol. The summed E-state index contributed by atoms with van der Waals surface area (Å²) in [6, 6.07) is 8.26. The zero-order chi connectivity index (χ0) is 17.5. The highest BCUT2D eigenvalue weighted by Crippen LogP contribution is 2.34. The van der Waals surface area contributed by atoms with Gasteiger partial charge in [-0.05, 0) is 36.8 Å². The maximum Gasteiger partial charge on any atom is 0.181 e. The summed E-state index contributed by atoms with van der Waals surface area (Å²) in [6.45, 7) is 2.69. The molecule has 0 spiro atoms. The van der Waals surface area contributed by atoms with Crippen molar-refractivity contribution in [1.82, 2.24) is 20.2 Å². The number of benzene rings is 1. The molecule has 0 unspecified atom stereocenters. The maximum atomic E-state index is 5.76. The van der Waals surface area contributed by atoms with Crippen molar-refractivity contribution in [1.29, 1.82) is 0 Å². The summed E-state index contributed by atoms with van der Waals surface area (Å²) in [4.78, 5) is 8.55. The first-order valence-corrected chi connectivity index (χ1v) is 8.51. The first-order valence-electron chi connectivity index (χ1n) is 8.51. The first kappa shape index (κ1) is 14.9. The zero-order valence-corrected chi connectivity index (χ0v) is 14.2. The van der Waals surface area contributed by atoms with E-state index >= 15 is 0 Å². The van der Waals surface area contributed by atoms with Crippen LogP contribution in [0.25, 0.3) is 22.4 Å². The van der Waals surface area contributed by atoms with E-state index in [9.17, 15) is 0 Å². The van der Waals surface area contributed by atoms with Crippen LogP contribution < -0.4 is 10.1 Å². The zero-order valence-electron chi connectivity index (χ0n) is 14.2. The molecule has 0 radical (unpaired) electrons. The number of nitrogens with one attached hydrogen (secondary N) is 2. The Morgan fingerprint density at radius 1 is 1.23 bits per heavy atom. The SMILES string of the molecule is Cc1cnc2c(c1)OCC[C@H]2Nc1ccc2[nH]nc(-c3cnco3)c2c1. The van der Waals surface area contributed by atoms with Crippen LogP contribution in [0, 0.1) is 6.92 Å². The Kier molecular flexibility index (Phi) is 3.38. The summed E-state index contributed by atoms with van der Waals surface area (Å²) in [7, 11) is 0. The molecule has 2 N–H and O–H groups in total. The van der Waals surface area contributed by atoms with Crippen molar-refractivity contribution in [3.8, 4) is 17.2 Å². The van der Waals surface area contributed by atoms with Crippen LogP contribution in [-0.4, -0.2) is 26.8 Å². The van der Waals surface area contributed by atoms with Gasteiger partial charge in [-0.3, -0.25) is 10.1 Å². The van der Waals surface area contributed by atoms with Crippen LogP contribution in [0.1, 0.15) is 23.7 Å². The Hall–Kier alpha value is -3.35. The highest BCUT2D eigenvalue weighted by molar-refractivity contribution is 5.93. The summed E-state index contributed by atoms with van der Waals surface area (Å²) in [5.41, 5.74) is 4.75. The number of aromatic nitrogens is 4. The van der Waals surface area contributed by atoms with Gasteiger partial charge in [0, 0.05) is 23.7 Å². The lowest BCUT2D eigenvalue weighted by molar-refractivity contribution is 0.270. The molecule has 3 aromatic heterocycles. The Bertz CT molecular complexity index is 1070. The van der Waals surface area contributed by atoms with E-state index in [2.05, 4.69) is 31.5 Å². The molecule has 4 aromatic rings. The lowest BCUT2D eigenvalue weighted by Gasteiger charge is -2.26. The van der Waals surface area contributed by atoms with Gasteiger partial charge >= 0.3 is 0 Å². The lowest BCUT2D eigenvalue weighted by Crippen LogP contribution is -2.21. The number of H-pyrrole nitrogens is 1. The molecule has 1 atom stereocenters. The fourth-order valence-corrected chi connectivity index (χ4v) is 3.32. The Balaban J connectivity index is 1.50. The highest BCUT2D eigenvalue weighted by Gasteiger charge is 2.23. The van der Waals surface area contributed by atoms with E-state index in [4.69, 9.17) is 9.15 Å². The third kappa shape index (κ3) is 2.48. The molecular formula is C19H17N5O2. The number of fused-ring (bicyclic) bond motifs is 2. The molecule has 130 valence electrons. The normalized spacial score (nSPS) is 16.3. The van der Waals surface area contributed by atoms with E-state index in [1.807, 2.05) is 31.3 Å². The van der Waals surface area contributed by atoms with Crippen molar-refractivity contribution in [2.75, 3.05) is 11.9 Å². The van der Waals surface area contributed by atoms with Gasteiger partial charge in [-0.25, -0.2) is 4.98 Å². The fraction of sp³-hybridized carbons (Fsp3) is 0.211. The second-order valence-corrected chi connectivity index (χ2v) is 6.43. The van der Waals surface area contributed by atoms with Crippen LogP contribution in [0.15, 0.2) is 47.5 Å². The molecule has 7 nitrogen and oxygen atoms in total. The summed E-state index contributed by atoms with van der Waals surface area (Å²) in [6.07, 6.45) is 5.81. The quantitative estimate of drug-likeness (QED) is 0.585. The number of aromatic amines is 1. The van der Waals surface area contributed by atoms with Crippen molar-refractivity contribution < 1.29 is 9.15 Å². The van der Waals surface area contributed by atoms with E-state index < -0.39 is 0 Å². The second kappa shape index (κ2) is 5.87. The summed E-state index contributed by atoms with van der Waals surface area (Å²) >= 11 is 0. The summed E-state index contributed by atoms with van der Waals surface area (Å²) in [5, 5.41) is 11.9. The smallest absolute Gasteiger partial charge is 0.181 e. The second-order valence-electron chi connectivity index (χ2n) is 6.43. The summed E-state index contributed by atoms with van der Waals surface area (Å²) < 4.78 is 11.2. The number of rotatable bonds is 3. The van der Waals surface area contributed by atoms with Crippen molar-refractivity contribution >= 4 is 16.6 Å². The van der Waals surface area contributed by atoms with Gasteiger partial charge in [0.05, 0.1) is 24.4 Å². The van der Waals surface area contributed by atoms with Gasteiger partial charge in [0.2, 0.25) is 0 Å². The first-order chi connectivity index (χ1) is 12.8. The van der Waals surface area contributed by atoms with Gasteiger partial charge in [-0.15, -0.1) is 0 Å². The number of anilines is 1. The number of hydrogen-bond acceptors (Lipinski definition) is 6. The average molecular weight is 347 g/mol. The minimum atomic E-state index is 0.109. The monoisotopic (exact) mass is 347 g/mol. The van der Waals surface area contributed by atoms with Gasteiger partial charge in [-0.2, -0.15) is 5.10 Å². The molecule has 0 amide bonds. The topological polar surface area (TPSA) is 88.9 Å². The third-order valence-corrected chi connectivity index (χ3v) is 4.58. The standard InChI is InChI=1S/C19H17N5O2/c1-11-6-16-19(21-8-11)15(4-5-25-16)22-12-2-3-14-13(7-12)18(24-23-14)17-9-20-10-26-17/h2-3,6-10,15,22H,4-5H2,1H3,(H,23,24)/t15-/m1/s1. The molecule has 0 fully saturated rings. The van der Waals surface area contributed by atoms with Crippen molar-refractivity contribution in [2.45, 2.75) is 19.4 Å². The molecule has 7 heteroatoms. The predicted octanol–water partition coefficient (Wildman–Crippen LogP) is 3.86. The molecule has 5 rings (SSSR count). The van der Waals surface area contributed by atoms with E-state index in [-0.39, 0.29) is 6.04 Å². The summed E-state index contributed by atoms with van der Waals surface area (Å²) in [5.74, 6) is 1.50. The molecule has 1 aliphatic rings. The number of pyridine rings is 1. The van der Waals surface area contributed by atoms with E-state index in [1.54, 1.807) is 6.20 Å². The number of ether oxygens (including phenoxy) is 1. The van der Waals surface area contributed by atoms with Gasteiger partial charge < -0.3 is 14.5 Å². The largest absolute Gasteiger partial charge is 0.491 e. The van der Waals surface area contributed by atoms with Gasteiger partial charge in [0.25, 0.3) is 0 Å². The molecule has 0 aliphatic carbocycles.